The summed E-state index contributed by atoms with van der Waals surface area (Å²) in [4.78, 5) is 2.46. The molecule has 0 amide bonds. The van der Waals surface area contributed by atoms with Crippen molar-refractivity contribution in [1.82, 2.24) is 9.21 Å². The summed E-state index contributed by atoms with van der Waals surface area (Å²) in [6, 6.07) is 7.90. The summed E-state index contributed by atoms with van der Waals surface area (Å²) in [7, 11) is -3.41. The van der Waals surface area contributed by atoms with E-state index in [1.54, 1.807) is 8.61 Å². The van der Waals surface area contributed by atoms with Gasteiger partial charge in [0.1, 0.15) is 0 Å². The van der Waals surface area contributed by atoms with Crippen molar-refractivity contribution in [2.24, 2.45) is 0 Å². The molecule has 0 atom stereocenters. The van der Waals surface area contributed by atoms with Crippen LogP contribution in [0.3, 0.4) is 0 Å². The van der Waals surface area contributed by atoms with Crippen LogP contribution in [-0.4, -0.2) is 55.9 Å². The van der Waals surface area contributed by atoms with E-state index in [9.17, 15) is 8.42 Å². The van der Waals surface area contributed by atoms with Crippen molar-refractivity contribution in [3.63, 3.8) is 0 Å². The van der Waals surface area contributed by atoms with Gasteiger partial charge in [0.15, 0.2) is 0 Å². The van der Waals surface area contributed by atoms with Gasteiger partial charge in [0.25, 0.3) is 0 Å². The van der Waals surface area contributed by atoms with E-state index in [0.29, 0.717) is 25.2 Å². The van der Waals surface area contributed by atoms with Crippen molar-refractivity contribution in [2.45, 2.75) is 38.1 Å². The van der Waals surface area contributed by atoms with Crippen molar-refractivity contribution in [2.75, 3.05) is 37.0 Å². The summed E-state index contributed by atoms with van der Waals surface area (Å²) >= 11 is 0. The van der Waals surface area contributed by atoms with E-state index in [0.717, 1.165) is 37.2 Å². The molecule has 0 unspecified atom stereocenters. The van der Waals surface area contributed by atoms with Crippen molar-refractivity contribution in [1.29, 1.82) is 0 Å². The third kappa shape index (κ3) is 2.66. The number of hydrogen-bond acceptors (Lipinski definition) is 3. The first-order valence-electron chi connectivity index (χ1n) is 8.61. The Morgan fingerprint density at radius 1 is 1.00 bits per heavy atom. The maximum atomic E-state index is 13.1. The SMILES string of the molecule is CC1(N2CCN(S(=O)(=O)N3CCCc4ccccc43)CC2)CC1. The van der Waals surface area contributed by atoms with E-state index in [1.807, 2.05) is 24.3 Å². The predicted molar refractivity (Wildman–Crippen MR) is 91.8 cm³/mol. The molecular weight excluding hydrogens is 310 g/mol. The third-order valence-corrected chi connectivity index (χ3v) is 7.60. The lowest BCUT2D eigenvalue weighted by atomic mass is 10.0. The highest BCUT2D eigenvalue weighted by atomic mass is 32.2. The zero-order valence-corrected chi connectivity index (χ0v) is 14.6. The summed E-state index contributed by atoms with van der Waals surface area (Å²) < 4.78 is 29.5. The average Bonchev–Trinajstić information content (AvgIpc) is 3.33. The lowest BCUT2D eigenvalue weighted by molar-refractivity contribution is 0.132. The Hall–Kier alpha value is -1.11. The van der Waals surface area contributed by atoms with E-state index >= 15 is 0 Å². The Bertz CT molecular complexity index is 692. The minimum Gasteiger partial charge on any atom is -0.295 e. The van der Waals surface area contributed by atoms with Crippen LogP contribution < -0.4 is 4.31 Å². The van der Waals surface area contributed by atoms with Crippen molar-refractivity contribution >= 4 is 15.9 Å². The summed E-state index contributed by atoms with van der Waals surface area (Å²) in [6.45, 7) is 5.80. The monoisotopic (exact) mass is 335 g/mol. The molecule has 1 aromatic carbocycles. The summed E-state index contributed by atoms with van der Waals surface area (Å²) in [5.74, 6) is 0. The molecule has 2 fully saturated rings. The molecule has 2 aliphatic heterocycles. The van der Waals surface area contributed by atoms with E-state index in [2.05, 4.69) is 11.8 Å². The Morgan fingerprint density at radius 3 is 2.39 bits per heavy atom. The fourth-order valence-corrected chi connectivity index (χ4v) is 5.52. The van der Waals surface area contributed by atoms with E-state index in [4.69, 9.17) is 0 Å². The minimum absolute atomic E-state index is 0.341. The van der Waals surface area contributed by atoms with Crippen LogP contribution in [0.4, 0.5) is 5.69 Å². The number of aryl methyl sites for hydroxylation is 1. The van der Waals surface area contributed by atoms with Gasteiger partial charge in [0.2, 0.25) is 0 Å². The molecule has 1 saturated carbocycles. The molecule has 5 nitrogen and oxygen atoms in total. The van der Waals surface area contributed by atoms with Crippen LogP contribution >= 0.6 is 0 Å². The highest BCUT2D eigenvalue weighted by Gasteiger charge is 2.45. The Kier molecular flexibility index (Phi) is 3.66. The Morgan fingerprint density at radius 2 is 1.70 bits per heavy atom. The van der Waals surface area contributed by atoms with Gasteiger partial charge < -0.3 is 0 Å². The van der Waals surface area contributed by atoms with E-state index in [-0.39, 0.29) is 0 Å². The first kappa shape index (κ1) is 15.4. The molecule has 1 aromatic rings. The molecule has 3 aliphatic rings. The molecule has 0 spiro atoms. The summed E-state index contributed by atoms with van der Waals surface area (Å²) in [5, 5.41) is 0. The highest BCUT2D eigenvalue weighted by Crippen LogP contribution is 2.41. The Balaban J connectivity index is 1.53. The molecule has 1 saturated heterocycles. The van der Waals surface area contributed by atoms with Crippen LogP contribution in [0, 0.1) is 0 Å². The van der Waals surface area contributed by atoms with Gasteiger partial charge in [-0.15, -0.1) is 0 Å². The Labute approximate surface area is 139 Å². The fourth-order valence-electron chi connectivity index (χ4n) is 3.83. The van der Waals surface area contributed by atoms with E-state index in [1.165, 1.54) is 12.8 Å². The number of rotatable bonds is 3. The van der Waals surface area contributed by atoms with Gasteiger partial charge in [0.05, 0.1) is 5.69 Å². The smallest absolute Gasteiger partial charge is 0.295 e. The average molecular weight is 335 g/mol. The van der Waals surface area contributed by atoms with Crippen molar-refractivity contribution < 1.29 is 8.42 Å². The largest absolute Gasteiger partial charge is 0.304 e. The number of para-hydroxylation sites is 1. The zero-order valence-electron chi connectivity index (χ0n) is 13.7. The van der Waals surface area contributed by atoms with Gasteiger partial charge in [-0.05, 0) is 44.2 Å². The molecule has 0 bridgehead atoms. The molecule has 2 heterocycles. The van der Waals surface area contributed by atoms with Gasteiger partial charge in [-0.25, -0.2) is 0 Å². The quantitative estimate of drug-likeness (QED) is 0.847. The molecule has 0 radical (unpaired) electrons. The summed E-state index contributed by atoms with van der Waals surface area (Å²) in [5.41, 5.74) is 2.36. The van der Waals surface area contributed by atoms with Crippen LogP contribution in [0.5, 0.6) is 0 Å². The number of anilines is 1. The standard InChI is InChI=1S/C17H25N3O2S/c1-17(8-9-17)18-11-13-19(14-12-18)23(21,22)20-10-4-6-15-5-2-3-7-16(15)20/h2-3,5,7H,4,6,8-14H2,1H3. The van der Waals surface area contributed by atoms with Crippen molar-refractivity contribution in [3.05, 3.63) is 29.8 Å². The summed E-state index contributed by atoms with van der Waals surface area (Å²) in [6.07, 6.45) is 4.36. The molecule has 1 aliphatic carbocycles. The molecular formula is C17H25N3O2S. The first-order valence-corrected chi connectivity index (χ1v) is 10.0. The zero-order chi connectivity index (χ0) is 16.1. The van der Waals surface area contributed by atoms with Crippen LogP contribution in [0.2, 0.25) is 0 Å². The normalized spacial score (nSPS) is 25.2. The molecule has 0 N–H and O–H groups in total. The van der Waals surface area contributed by atoms with Gasteiger partial charge >= 0.3 is 10.2 Å². The van der Waals surface area contributed by atoms with Gasteiger partial charge in [-0.3, -0.25) is 9.21 Å². The number of benzene rings is 1. The molecule has 126 valence electrons. The second-order valence-electron chi connectivity index (χ2n) is 7.20. The maximum absolute atomic E-state index is 13.1. The van der Waals surface area contributed by atoms with Gasteiger partial charge in [-0.1, -0.05) is 18.2 Å². The maximum Gasteiger partial charge on any atom is 0.304 e. The minimum atomic E-state index is -3.41. The number of hydrogen-bond donors (Lipinski definition) is 0. The molecule has 6 heteroatoms. The lowest BCUT2D eigenvalue weighted by Gasteiger charge is -2.41. The third-order valence-electron chi connectivity index (χ3n) is 5.65. The second kappa shape index (κ2) is 5.46. The number of fused-ring (bicyclic) bond motifs is 1. The van der Waals surface area contributed by atoms with Crippen LogP contribution in [-0.2, 0) is 16.6 Å². The highest BCUT2D eigenvalue weighted by molar-refractivity contribution is 7.90. The van der Waals surface area contributed by atoms with Crippen molar-refractivity contribution in [3.8, 4) is 0 Å². The molecule has 23 heavy (non-hydrogen) atoms. The topological polar surface area (TPSA) is 43.9 Å². The van der Waals surface area contributed by atoms with Crippen LogP contribution in [0.1, 0.15) is 31.7 Å². The lowest BCUT2D eigenvalue weighted by Crippen LogP contribution is -2.56. The molecule has 4 rings (SSSR count). The number of nitrogens with zero attached hydrogens (tertiary/aromatic N) is 3. The first-order chi connectivity index (χ1) is 11.0. The fraction of sp³-hybridized carbons (Fsp3) is 0.647. The van der Waals surface area contributed by atoms with Gasteiger partial charge in [0, 0.05) is 38.3 Å². The number of piperazine rings is 1. The predicted octanol–water partition coefficient (Wildman–Crippen LogP) is 1.85. The second-order valence-corrected chi connectivity index (χ2v) is 9.05. The van der Waals surface area contributed by atoms with Crippen LogP contribution in [0.15, 0.2) is 24.3 Å². The van der Waals surface area contributed by atoms with Gasteiger partial charge in [-0.2, -0.15) is 12.7 Å². The van der Waals surface area contributed by atoms with Crippen LogP contribution in [0.25, 0.3) is 0 Å². The van der Waals surface area contributed by atoms with E-state index < -0.39 is 10.2 Å². The molecule has 0 aromatic heterocycles.